The van der Waals surface area contributed by atoms with Crippen LogP contribution in [-0.4, -0.2) is 22.8 Å². The fraction of sp³-hybridized carbons (Fsp3) is 0.556. The van der Waals surface area contributed by atoms with Crippen LogP contribution in [-0.2, 0) is 14.9 Å². The number of nitrogens with one attached hydrogen (secondary N) is 1. The molecule has 1 saturated carbocycles. The molecule has 2 rings (SSSR count). The number of rotatable bonds is 3. The summed E-state index contributed by atoms with van der Waals surface area (Å²) in [5, 5.41) is 12.5. The molecule has 2 N–H and O–H groups in total. The summed E-state index contributed by atoms with van der Waals surface area (Å²) in [6, 6.07) is 5.35. The standard InChI is InChI=1S/C18H24BrNO4/c1-17(2,3)24-16(23)20-14-11-12(7-8-13(14)19)18(15(21)22)9-5-4-6-10-18/h7-8,11H,4-6,9-10H2,1-3H3,(H,20,23)(H,21,22). The molecule has 1 aromatic rings. The van der Waals surface area contributed by atoms with Gasteiger partial charge in [0.15, 0.2) is 0 Å². The van der Waals surface area contributed by atoms with Crippen molar-refractivity contribution in [2.24, 2.45) is 0 Å². The van der Waals surface area contributed by atoms with Gasteiger partial charge in [0.1, 0.15) is 5.60 Å². The molecule has 5 nitrogen and oxygen atoms in total. The largest absolute Gasteiger partial charge is 0.481 e. The number of benzene rings is 1. The predicted molar refractivity (Wildman–Crippen MR) is 96.4 cm³/mol. The van der Waals surface area contributed by atoms with Crippen LogP contribution < -0.4 is 5.32 Å². The van der Waals surface area contributed by atoms with Gasteiger partial charge in [-0.2, -0.15) is 0 Å². The third-order valence-electron chi connectivity index (χ3n) is 4.27. The molecule has 1 amide bonds. The van der Waals surface area contributed by atoms with Crippen molar-refractivity contribution in [2.45, 2.75) is 63.9 Å². The minimum absolute atomic E-state index is 0.521. The third kappa shape index (κ3) is 4.29. The van der Waals surface area contributed by atoms with E-state index >= 15 is 0 Å². The van der Waals surface area contributed by atoms with Gasteiger partial charge in [0.05, 0.1) is 11.1 Å². The Hall–Kier alpha value is -1.56. The highest BCUT2D eigenvalue weighted by Crippen LogP contribution is 2.41. The van der Waals surface area contributed by atoms with Crippen LogP contribution in [0.15, 0.2) is 22.7 Å². The summed E-state index contributed by atoms with van der Waals surface area (Å²) in [4.78, 5) is 24.0. The number of carboxylic acid groups (broad SMARTS) is 1. The minimum Gasteiger partial charge on any atom is -0.481 e. The fourth-order valence-electron chi connectivity index (χ4n) is 3.11. The summed E-state index contributed by atoms with van der Waals surface area (Å²) in [5.74, 6) is -0.798. The van der Waals surface area contributed by atoms with Gasteiger partial charge in [-0.3, -0.25) is 10.1 Å². The van der Waals surface area contributed by atoms with Crippen molar-refractivity contribution in [1.29, 1.82) is 0 Å². The number of ether oxygens (including phenoxy) is 1. The highest BCUT2D eigenvalue weighted by atomic mass is 79.9. The molecular weight excluding hydrogens is 374 g/mol. The van der Waals surface area contributed by atoms with Gasteiger partial charge >= 0.3 is 12.1 Å². The second-order valence-electron chi connectivity index (χ2n) is 7.27. The number of anilines is 1. The molecule has 0 aromatic heterocycles. The van der Waals surface area contributed by atoms with Crippen LogP contribution in [0.25, 0.3) is 0 Å². The Kier molecular flexibility index (Phi) is 5.58. The molecule has 0 saturated heterocycles. The topological polar surface area (TPSA) is 75.6 Å². The normalized spacial score (nSPS) is 17.2. The number of carbonyl (C=O) groups is 2. The number of aliphatic carboxylic acids is 1. The second-order valence-corrected chi connectivity index (χ2v) is 8.12. The van der Waals surface area contributed by atoms with Crippen molar-refractivity contribution in [3.63, 3.8) is 0 Å². The van der Waals surface area contributed by atoms with E-state index in [-0.39, 0.29) is 0 Å². The van der Waals surface area contributed by atoms with Crippen molar-refractivity contribution in [3.05, 3.63) is 28.2 Å². The Labute approximate surface area is 150 Å². The number of carboxylic acids is 1. The molecular formula is C18H24BrNO4. The first kappa shape index (κ1) is 18.8. The lowest BCUT2D eigenvalue weighted by Crippen LogP contribution is -2.38. The van der Waals surface area contributed by atoms with Crippen LogP contribution in [0.5, 0.6) is 0 Å². The van der Waals surface area contributed by atoms with Gasteiger partial charge in [0, 0.05) is 4.47 Å². The van der Waals surface area contributed by atoms with Crippen molar-refractivity contribution in [1.82, 2.24) is 0 Å². The molecule has 132 valence electrons. The Morgan fingerprint density at radius 2 is 1.83 bits per heavy atom. The second kappa shape index (κ2) is 7.13. The van der Waals surface area contributed by atoms with E-state index in [1.165, 1.54) is 0 Å². The maximum absolute atomic E-state index is 12.0. The van der Waals surface area contributed by atoms with E-state index in [9.17, 15) is 14.7 Å². The summed E-state index contributed by atoms with van der Waals surface area (Å²) in [6.45, 7) is 5.37. The molecule has 0 bridgehead atoms. The first-order valence-electron chi connectivity index (χ1n) is 8.17. The summed E-state index contributed by atoms with van der Waals surface area (Å²) in [7, 11) is 0. The number of hydrogen-bond acceptors (Lipinski definition) is 3. The zero-order chi connectivity index (χ0) is 18.0. The Balaban J connectivity index is 2.30. The quantitative estimate of drug-likeness (QED) is 0.744. The molecule has 0 unspecified atom stereocenters. The predicted octanol–water partition coefficient (Wildman–Crippen LogP) is 5.08. The van der Waals surface area contributed by atoms with Gasteiger partial charge in [-0.05, 0) is 67.2 Å². The molecule has 0 radical (unpaired) electrons. The Morgan fingerprint density at radius 3 is 2.38 bits per heavy atom. The van der Waals surface area contributed by atoms with Gasteiger partial charge in [0.2, 0.25) is 0 Å². The summed E-state index contributed by atoms with van der Waals surface area (Å²) < 4.78 is 5.96. The van der Waals surface area contributed by atoms with E-state index in [0.29, 0.717) is 23.0 Å². The third-order valence-corrected chi connectivity index (χ3v) is 4.96. The van der Waals surface area contributed by atoms with E-state index in [1.807, 2.05) is 6.07 Å². The highest BCUT2D eigenvalue weighted by molar-refractivity contribution is 9.10. The van der Waals surface area contributed by atoms with Gasteiger partial charge in [0.25, 0.3) is 0 Å². The van der Waals surface area contributed by atoms with Crippen molar-refractivity contribution < 1.29 is 19.4 Å². The molecule has 6 heteroatoms. The van der Waals surface area contributed by atoms with Crippen LogP contribution in [0.3, 0.4) is 0 Å². The zero-order valence-corrected chi connectivity index (χ0v) is 15.9. The van der Waals surface area contributed by atoms with Crippen molar-refractivity contribution in [2.75, 3.05) is 5.32 Å². The number of amides is 1. The highest BCUT2D eigenvalue weighted by Gasteiger charge is 2.41. The van der Waals surface area contributed by atoms with Crippen LogP contribution >= 0.6 is 15.9 Å². The minimum atomic E-state index is -0.872. The fourth-order valence-corrected chi connectivity index (χ4v) is 3.46. The van der Waals surface area contributed by atoms with Crippen LogP contribution in [0.1, 0.15) is 58.4 Å². The van der Waals surface area contributed by atoms with E-state index in [2.05, 4.69) is 21.2 Å². The van der Waals surface area contributed by atoms with Gasteiger partial charge in [-0.25, -0.2) is 4.79 Å². The molecule has 24 heavy (non-hydrogen) atoms. The molecule has 0 heterocycles. The maximum Gasteiger partial charge on any atom is 0.412 e. The molecule has 1 aliphatic carbocycles. The van der Waals surface area contributed by atoms with E-state index in [4.69, 9.17) is 4.74 Å². The first-order chi connectivity index (χ1) is 11.1. The van der Waals surface area contributed by atoms with Gasteiger partial charge < -0.3 is 9.84 Å². The molecule has 0 aliphatic heterocycles. The van der Waals surface area contributed by atoms with Crippen LogP contribution in [0, 0.1) is 0 Å². The summed E-state index contributed by atoms with van der Waals surface area (Å²) >= 11 is 3.40. The number of carbonyl (C=O) groups excluding carboxylic acids is 1. The summed E-state index contributed by atoms with van der Waals surface area (Å²) in [5.41, 5.74) is -0.222. The van der Waals surface area contributed by atoms with E-state index < -0.39 is 23.1 Å². The van der Waals surface area contributed by atoms with Gasteiger partial charge in [-0.15, -0.1) is 0 Å². The molecule has 1 aliphatic rings. The monoisotopic (exact) mass is 397 g/mol. The zero-order valence-electron chi connectivity index (χ0n) is 14.3. The number of hydrogen-bond donors (Lipinski definition) is 2. The average Bonchev–Trinajstić information content (AvgIpc) is 2.48. The maximum atomic E-state index is 12.0. The summed E-state index contributed by atoms with van der Waals surface area (Å²) in [6.07, 6.45) is 3.54. The van der Waals surface area contributed by atoms with Crippen LogP contribution in [0.4, 0.5) is 10.5 Å². The molecule has 0 atom stereocenters. The molecule has 0 spiro atoms. The lowest BCUT2D eigenvalue weighted by molar-refractivity contribution is -0.145. The first-order valence-corrected chi connectivity index (χ1v) is 8.97. The lowest BCUT2D eigenvalue weighted by atomic mass is 9.69. The van der Waals surface area contributed by atoms with Crippen LogP contribution in [0.2, 0.25) is 0 Å². The van der Waals surface area contributed by atoms with Crippen molar-refractivity contribution in [3.8, 4) is 0 Å². The molecule has 1 aromatic carbocycles. The van der Waals surface area contributed by atoms with Crippen molar-refractivity contribution >= 4 is 33.7 Å². The average molecular weight is 398 g/mol. The molecule has 1 fully saturated rings. The lowest BCUT2D eigenvalue weighted by Gasteiger charge is -2.34. The van der Waals surface area contributed by atoms with E-state index in [0.717, 1.165) is 24.8 Å². The smallest absolute Gasteiger partial charge is 0.412 e. The Morgan fingerprint density at radius 1 is 1.21 bits per heavy atom. The Bertz CT molecular complexity index is 630. The SMILES string of the molecule is CC(C)(C)OC(=O)Nc1cc(C2(C(=O)O)CCCCC2)ccc1Br. The van der Waals surface area contributed by atoms with E-state index in [1.54, 1.807) is 32.9 Å². The van der Waals surface area contributed by atoms with Gasteiger partial charge in [-0.1, -0.05) is 25.3 Å². The number of halogens is 1.